The number of piperidine rings is 1. The third-order valence-electron chi connectivity index (χ3n) is 6.24. The van der Waals surface area contributed by atoms with Crippen LogP contribution >= 0.6 is 0 Å². The maximum Gasteiger partial charge on any atom is 0.265 e. The van der Waals surface area contributed by atoms with Crippen molar-refractivity contribution in [2.75, 3.05) is 31.5 Å². The number of carbonyl (C=O) groups is 2. The van der Waals surface area contributed by atoms with Crippen LogP contribution in [0.25, 0.3) is 0 Å². The van der Waals surface area contributed by atoms with Crippen LogP contribution in [0.1, 0.15) is 44.6 Å². The fraction of sp³-hybridized carbons (Fsp3) is 0.619. The normalized spacial score (nSPS) is 24.9. The van der Waals surface area contributed by atoms with E-state index in [-0.39, 0.29) is 29.2 Å². The number of rotatable bonds is 4. The Morgan fingerprint density at radius 1 is 1.20 bits per heavy atom. The molecule has 2 saturated heterocycles. The van der Waals surface area contributed by atoms with Gasteiger partial charge in [0.15, 0.2) is 6.10 Å². The minimum Gasteiger partial charge on any atom is -0.478 e. The number of aryl methyl sites for hydroxylation is 1. The van der Waals surface area contributed by atoms with Crippen molar-refractivity contribution in [3.8, 4) is 5.75 Å². The van der Waals surface area contributed by atoms with E-state index in [0.717, 1.165) is 32.4 Å². The van der Waals surface area contributed by atoms with Gasteiger partial charge in [0.05, 0.1) is 16.5 Å². The summed E-state index contributed by atoms with van der Waals surface area (Å²) in [4.78, 5) is 26.9. The van der Waals surface area contributed by atoms with Crippen LogP contribution in [0.4, 0.5) is 5.69 Å². The van der Waals surface area contributed by atoms with Crippen molar-refractivity contribution in [3.63, 3.8) is 0 Å². The molecule has 2 unspecified atom stereocenters. The molecule has 0 aromatic heterocycles. The number of nitrogens with zero attached hydrogens (tertiary/aromatic N) is 2. The SMILES string of the molecule is CCC1Oc2cc(S(=O)(=O)N3CCCC(C(=O)N4CCCC4)C3)c(C)cc2NC1=O. The van der Waals surface area contributed by atoms with Crippen LogP contribution in [0, 0.1) is 12.8 Å². The Morgan fingerprint density at radius 3 is 2.63 bits per heavy atom. The van der Waals surface area contributed by atoms with E-state index in [1.54, 1.807) is 13.0 Å². The number of nitrogens with one attached hydrogen (secondary N) is 1. The van der Waals surface area contributed by atoms with Gasteiger partial charge < -0.3 is 15.0 Å². The summed E-state index contributed by atoms with van der Waals surface area (Å²) in [6, 6.07) is 3.15. The van der Waals surface area contributed by atoms with E-state index in [4.69, 9.17) is 4.74 Å². The summed E-state index contributed by atoms with van der Waals surface area (Å²) in [6.07, 6.45) is 3.28. The smallest absolute Gasteiger partial charge is 0.265 e. The number of sulfonamides is 1. The highest BCUT2D eigenvalue weighted by molar-refractivity contribution is 7.89. The minimum atomic E-state index is -3.78. The van der Waals surface area contributed by atoms with Crippen LogP contribution in [0.3, 0.4) is 0 Å². The Hall–Kier alpha value is -2.13. The predicted molar refractivity (Wildman–Crippen MR) is 112 cm³/mol. The van der Waals surface area contributed by atoms with Crippen molar-refractivity contribution in [1.29, 1.82) is 0 Å². The Kier molecular flexibility index (Phi) is 5.76. The zero-order valence-electron chi connectivity index (χ0n) is 17.5. The molecule has 2 fully saturated rings. The fourth-order valence-electron chi connectivity index (χ4n) is 4.53. The van der Waals surface area contributed by atoms with Gasteiger partial charge in [0, 0.05) is 32.2 Å². The summed E-state index contributed by atoms with van der Waals surface area (Å²) in [5, 5.41) is 2.79. The molecule has 0 bridgehead atoms. The first-order valence-electron chi connectivity index (χ1n) is 10.7. The first-order valence-corrected chi connectivity index (χ1v) is 12.2. The molecule has 3 aliphatic heterocycles. The van der Waals surface area contributed by atoms with E-state index in [1.165, 1.54) is 10.4 Å². The molecule has 2 atom stereocenters. The number of likely N-dealkylation sites (tertiary alicyclic amines) is 1. The van der Waals surface area contributed by atoms with Gasteiger partial charge in [-0.2, -0.15) is 4.31 Å². The number of fused-ring (bicyclic) bond motifs is 1. The molecule has 1 aromatic carbocycles. The molecular formula is C21H29N3O5S. The second kappa shape index (κ2) is 8.19. The summed E-state index contributed by atoms with van der Waals surface area (Å²) in [5.74, 6) is -0.0670. The largest absolute Gasteiger partial charge is 0.478 e. The molecule has 8 nitrogen and oxygen atoms in total. The molecule has 9 heteroatoms. The zero-order valence-corrected chi connectivity index (χ0v) is 18.3. The first kappa shape index (κ1) is 21.1. The number of hydrogen-bond acceptors (Lipinski definition) is 5. The van der Waals surface area contributed by atoms with Crippen molar-refractivity contribution >= 4 is 27.5 Å². The average molecular weight is 436 g/mol. The highest BCUT2D eigenvalue weighted by atomic mass is 32.2. The molecule has 164 valence electrons. The average Bonchev–Trinajstić information content (AvgIpc) is 3.27. The van der Waals surface area contributed by atoms with Gasteiger partial charge in [0.1, 0.15) is 5.75 Å². The van der Waals surface area contributed by atoms with Crippen LogP contribution in [0.5, 0.6) is 5.75 Å². The molecule has 0 aliphatic carbocycles. The van der Waals surface area contributed by atoms with E-state index in [9.17, 15) is 18.0 Å². The number of carbonyl (C=O) groups excluding carboxylic acids is 2. The molecular weight excluding hydrogens is 406 g/mol. The molecule has 0 spiro atoms. The molecule has 3 heterocycles. The molecule has 30 heavy (non-hydrogen) atoms. The Morgan fingerprint density at radius 2 is 1.93 bits per heavy atom. The van der Waals surface area contributed by atoms with Gasteiger partial charge in [-0.05, 0) is 50.7 Å². The van der Waals surface area contributed by atoms with Crippen molar-refractivity contribution in [3.05, 3.63) is 17.7 Å². The summed E-state index contributed by atoms with van der Waals surface area (Å²) in [5.41, 5.74) is 1.03. The second-order valence-corrected chi connectivity index (χ2v) is 10.3. The highest BCUT2D eigenvalue weighted by Gasteiger charge is 2.37. The lowest BCUT2D eigenvalue weighted by atomic mass is 9.98. The maximum atomic E-state index is 13.5. The van der Waals surface area contributed by atoms with Crippen LogP contribution in [0.2, 0.25) is 0 Å². The molecule has 4 rings (SSSR count). The standard InChI is InChI=1S/C21H29N3O5S/c1-3-17-20(25)22-16-11-14(2)19(12-18(16)29-17)30(27,28)24-10-6-7-15(13-24)21(26)23-8-4-5-9-23/h11-12,15,17H,3-10,13H2,1-2H3,(H,22,25). The van der Waals surface area contributed by atoms with Gasteiger partial charge in [0.25, 0.3) is 5.91 Å². The lowest BCUT2D eigenvalue weighted by molar-refractivity contribution is -0.135. The molecule has 3 aliphatic rings. The lowest BCUT2D eigenvalue weighted by Crippen LogP contribution is -2.46. The monoisotopic (exact) mass is 435 g/mol. The Balaban J connectivity index is 1.58. The first-order chi connectivity index (χ1) is 14.3. The quantitative estimate of drug-likeness (QED) is 0.782. The molecule has 2 amide bonds. The van der Waals surface area contributed by atoms with E-state index in [0.29, 0.717) is 36.4 Å². The number of benzene rings is 1. The van der Waals surface area contributed by atoms with Crippen LogP contribution in [-0.4, -0.2) is 61.7 Å². The molecule has 0 radical (unpaired) electrons. The Bertz CT molecular complexity index is 956. The third kappa shape index (κ3) is 3.80. The zero-order chi connectivity index (χ0) is 21.5. The highest BCUT2D eigenvalue weighted by Crippen LogP contribution is 2.36. The summed E-state index contributed by atoms with van der Waals surface area (Å²) in [7, 11) is -3.78. The summed E-state index contributed by atoms with van der Waals surface area (Å²) >= 11 is 0. The summed E-state index contributed by atoms with van der Waals surface area (Å²) in [6.45, 7) is 5.71. The predicted octanol–water partition coefficient (Wildman–Crippen LogP) is 2.13. The number of anilines is 1. The molecule has 1 N–H and O–H groups in total. The van der Waals surface area contributed by atoms with Crippen LogP contribution in [0.15, 0.2) is 17.0 Å². The van der Waals surface area contributed by atoms with E-state index >= 15 is 0 Å². The maximum absolute atomic E-state index is 13.5. The lowest BCUT2D eigenvalue weighted by Gasteiger charge is -2.34. The fourth-order valence-corrected chi connectivity index (χ4v) is 6.27. The third-order valence-corrected chi connectivity index (χ3v) is 8.24. The van der Waals surface area contributed by atoms with Gasteiger partial charge in [-0.25, -0.2) is 8.42 Å². The number of ether oxygens (including phenoxy) is 1. The van der Waals surface area contributed by atoms with Gasteiger partial charge in [-0.1, -0.05) is 6.92 Å². The van der Waals surface area contributed by atoms with Crippen molar-refractivity contribution in [1.82, 2.24) is 9.21 Å². The van der Waals surface area contributed by atoms with Crippen molar-refractivity contribution < 1.29 is 22.7 Å². The van der Waals surface area contributed by atoms with Gasteiger partial charge >= 0.3 is 0 Å². The second-order valence-electron chi connectivity index (χ2n) is 8.35. The van der Waals surface area contributed by atoms with E-state index < -0.39 is 16.1 Å². The van der Waals surface area contributed by atoms with E-state index in [1.807, 2.05) is 11.8 Å². The topological polar surface area (TPSA) is 96.0 Å². The number of amides is 2. The van der Waals surface area contributed by atoms with Gasteiger partial charge in [-0.15, -0.1) is 0 Å². The van der Waals surface area contributed by atoms with Crippen LogP contribution in [-0.2, 0) is 19.6 Å². The van der Waals surface area contributed by atoms with Crippen molar-refractivity contribution in [2.24, 2.45) is 5.92 Å². The molecule has 1 aromatic rings. The van der Waals surface area contributed by atoms with Crippen LogP contribution < -0.4 is 10.1 Å². The van der Waals surface area contributed by atoms with Crippen molar-refractivity contribution in [2.45, 2.75) is 57.0 Å². The van der Waals surface area contributed by atoms with Gasteiger partial charge in [-0.3, -0.25) is 9.59 Å². The summed E-state index contributed by atoms with van der Waals surface area (Å²) < 4.78 is 34.1. The molecule has 0 saturated carbocycles. The Labute approximate surface area is 177 Å². The van der Waals surface area contributed by atoms with E-state index in [2.05, 4.69) is 5.32 Å². The minimum absolute atomic E-state index is 0.0754. The number of hydrogen-bond donors (Lipinski definition) is 1. The van der Waals surface area contributed by atoms with Gasteiger partial charge in [0.2, 0.25) is 15.9 Å².